The molecular formula is C28H27N5O. The Morgan fingerprint density at radius 3 is 2.38 bits per heavy atom. The first-order valence-electron chi connectivity index (χ1n) is 11.4. The molecule has 2 aromatic carbocycles. The summed E-state index contributed by atoms with van der Waals surface area (Å²) >= 11 is 0. The molecule has 0 saturated heterocycles. The number of aromatic nitrogens is 4. The van der Waals surface area contributed by atoms with Crippen molar-refractivity contribution < 1.29 is 4.79 Å². The Balaban J connectivity index is 1.39. The zero-order valence-corrected chi connectivity index (χ0v) is 19.6. The molecule has 0 bridgehead atoms. The molecule has 170 valence electrons. The number of fused-ring (bicyclic) bond motifs is 1. The summed E-state index contributed by atoms with van der Waals surface area (Å²) < 4.78 is 3.96. The van der Waals surface area contributed by atoms with Crippen LogP contribution in [0.15, 0.2) is 85.2 Å². The molecule has 6 nitrogen and oxygen atoms in total. The fourth-order valence-electron chi connectivity index (χ4n) is 4.30. The Morgan fingerprint density at radius 2 is 1.68 bits per heavy atom. The number of amides is 1. The Morgan fingerprint density at radius 1 is 0.971 bits per heavy atom. The van der Waals surface area contributed by atoms with Gasteiger partial charge in [0.2, 0.25) is 0 Å². The summed E-state index contributed by atoms with van der Waals surface area (Å²) in [6, 6.07) is 23.7. The predicted molar refractivity (Wildman–Crippen MR) is 134 cm³/mol. The maximum absolute atomic E-state index is 12.7. The van der Waals surface area contributed by atoms with Crippen molar-refractivity contribution in [3.63, 3.8) is 0 Å². The summed E-state index contributed by atoms with van der Waals surface area (Å²) in [5.74, 6) is 0.783. The zero-order chi connectivity index (χ0) is 23.7. The van der Waals surface area contributed by atoms with Gasteiger partial charge >= 0.3 is 0 Å². The Kier molecular flexibility index (Phi) is 5.72. The van der Waals surface area contributed by atoms with Gasteiger partial charge in [0.1, 0.15) is 0 Å². The van der Waals surface area contributed by atoms with E-state index < -0.39 is 0 Å². The van der Waals surface area contributed by atoms with Crippen molar-refractivity contribution in [3.05, 3.63) is 113 Å². The Labute approximate surface area is 198 Å². The van der Waals surface area contributed by atoms with E-state index in [4.69, 9.17) is 10.1 Å². The van der Waals surface area contributed by atoms with Gasteiger partial charge in [0.25, 0.3) is 5.91 Å². The maximum atomic E-state index is 12.7. The first-order valence-corrected chi connectivity index (χ1v) is 11.4. The molecule has 0 fully saturated rings. The molecule has 6 heteroatoms. The van der Waals surface area contributed by atoms with Gasteiger partial charge in [-0.3, -0.25) is 4.79 Å². The van der Waals surface area contributed by atoms with E-state index in [1.165, 1.54) is 0 Å². The van der Waals surface area contributed by atoms with Gasteiger partial charge in [-0.15, -0.1) is 0 Å². The van der Waals surface area contributed by atoms with Gasteiger partial charge in [-0.2, -0.15) is 5.10 Å². The molecule has 0 aliphatic carbocycles. The second-order valence-electron chi connectivity index (χ2n) is 8.65. The first-order chi connectivity index (χ1) is 16.5. The highest BCUT2D eigenvalue weighted by molar-refractivity contribution is 5.94. The van der Waals surface area contributed by atoms with E-state index in [0.717, 1.165) is 39.2 Å². The smallest absolute Gasteiger partial charge is 0.251 e. The average Bonchev–Trinajstić information content (AvgIpc) is 3.49. The van der Waals surface area contributed by atoms with E-state index in [-0.39, 0.29) is 11.9 Å². The second-order valence-corrected chi connectivity index (χ2v) is 8.65. The highest BCUT2D eigenvalue weighted by Crippen LogP contribution is 2.26. The van der Waals surface area contributed by atoms with Crippen LogP contribution in [0.25, 0.3) is 16.9 Å². The molecule has 34 heavy (non-hydrogen) atoms. The lowest BCUT2D eigenvalue weighted by molar-refractivity contribution is 0.0940. The number of nitrogens with zero attached hydrogens (tertiary/aromatic N) is 4. The zero-order valence-electron chi connectivity index (χ0n) is 19.6. The van der Waals surface area contributed by atoms with Crippen LogP contribution in [0.3, 0.4) is 0 Å². The van der Waals surface area contributed by atoms with Gasteiger partial charge in [0.05, 0.1) is 18.0 Å². The van der Waals surface area contributed by atoms with Gasteiger partial charge in [-0.25, -0.2) is 9.67 Å². The predicted octanol–water partition coefficient (Wildman–Crippen LogP) is 5.38. The van der Waals surface area contributed by atoms with Crippen LogP contribution in [0.2, 0.25) is 0 Å². The minimum Gasteiger partial charge on any atom is -0.346 e. The SMILES string of the molecule is Cc1cc(C)c2c(-n3cccc3)nn(Cc3ccc(C(=O)N[C@H](C)c4ccccc4)cc3)c2n1. The third-order valence-corrected chi connectivity index (χ3v) is 6.05. The minimum absolute atomic E-state index is 0.0616. The summed E-state index contributed by atoms with van der Waals surface area (Å²) in [6.45, 7) is 6.66. The van der Waals surface area contributed by atoms with Crippen molar-refractivity contribution in [2.75, 3.05) is 0 Å². The molecule has 1 N–H and O–H groups in total. The molecule has 0 aliphatic heterocycles. The van der Waals surface area contributed by atoms with E-state index in [1.807, 2.05) is 102 Å². The highest BCUT2D eigenvalue weighted by Gasteiger charge is 2.17. The molecule has 5 rings (SSSR count). The normalized spacial score (nSPS) is 12.1. The monoisotopic (exact) mass is 449 g/mol. The number of nitrogens with one attached hydrogen (secondary N) is 1. The van der Waals surface area contributed by atoms with Crippen LogP contribution >= 0.6 is 0 Å². The molecule has 0 unspecified atom stereocenters. The number of carbonyl (C=O) groups excluding carboxylic acids is 1. The van der Waals surface area contributed by atoms with Crippen LogP contribution in [0.1, 0.15) is 45.7 Å². The molecular weight excluding hydrogens is 422 g/mol. The molecule has 3 heterocycles. The molecule has 5 aromatic rings. The van der Waals surface area contributed by atoms with Crippen LogP contribution in [0.5, 0.6) is 0 Å². The van der Waals surface area contributed by atoms with Crippen molar-refractivity contribution >= 4 is 16.9 Å². The van der Waals surface area contributed by atoms with Gasteiger partial charge in [0.15, 0.2) is 11.5 Å². The first kappa shape index (κ1) is 21.6. The second kappa shape index (κ2) is 8.98. The van der Waals surface area contributed by atoms with Crippen LogP contribution in [0.4, 0.5) is 0 Å². The van der Waals surface area contributed by atoms with Crippen molar-refractivity contribution in [1.82, 2.24) is 24.6 Å². The van der Waals surface area contributed by atoms with Crippen molar-refractivity contribution in [3.8, 4) is 5.82 Å². The summed E-state index contributed by atoms with van der Waals surface area (Å²) in [5.41, 5.74) is 5.74. The average molecular weight is 450 g/mol. The van der Waals surface area contributed by atoms with Crippen molar-refractivity contribution in [1.29, 1.82) is 0 Å². The van der Waals surface area contributed by atoms with E-state index in [2.05, 4.69) is 18.3 Å². The van der Waals surface area contributed by atoms with Crippen LogP contribution in [-0.4, -0.2) is 25.2 Å². The van der Waals surface area contributed by atoms with Crippen LogP contribution < -0.4 is 5.32 Å². The Bertz CT molecular complexity index is 1430. The van der Waals surface area contributed by atoms with Gasteiger partial charge < -0.3 is 9.88 Å². The third-order valence-electron chi connectivity index (χ3n) is 6.05. The quantitative estimate of drug-likeness (QED) is 0.379. The Hall–Kier alpha value is -4.19. The lowest BCUT2D eigenvalue weighted by Crippen LogP contribution is -2.26. The fourth-order valence-corrected chi connectivity index (χ4v) is 4.30. The van der Waals surface area contributed by atoms with E-state index in [9.17, 15) is 4.79 Å². The summed E-state index contributed by atoms with van der Waals surface area (Å²) in [6.07, 6.45) is 3.99. The molecule has 0 aliphatic rings. The fraction of sp³-hybridized carbons (Fsp3) is 0.179. The number of benzene rings is 2. The summed E-state index contributed by atoms with van der Waals surface area (Å²) in [4.78, 5) is 17.5. The number of hydrogen-bond acceptors (Lipinski definition) is 3. The lowest BCUT2D eigenvalue weighted by atomic mass is 10.1. The summed E-state index contributed by atoms with van der Waals surface area (Å²) in [7, 11) is 0. The number of hydrogen-bond donors (Lipinski definition) is 1. The van der Waals surface area contributed by atoms with Gasteiger partial charge in [-0.1, -0.05) is 42.5 Å². The molecule has 0 radical (unpaired) electrons. The van der Waals surface area contributed by atoms with Crippen molar-refractivity contribution in [2.45, 2.75) is 33.4 Å². The van der Waals surface area contributed by atoms with E-state index in [0.29, 0.717) is 12.1 Å². The van der Waals surface area contributed by atoms with Crippen molar-refractivity contribution in [2.24, 2.45) is 0 Å². The highest BCUT2D eigenvalue weighted by atomic mass is 16.1. The number of pyridine rings is 1. The molecule has 1 amide bonds. The van der Waals surface area contributed by atoms with Crippen LogP contribution in [0, 0.1) is 13.8 Å². The largest absolute Gasteiger partial charge is 0.346 e. The molecule has 3 aromatic heterocycles. The van der Waals surface area contributed by atoms with Gasteiger partial charge in [-0.05, 0) is 67.8 Å². The molecule has 0 spiro atoms. The van der Waals surface area contributed by atoms with E-state index in [1.54, 1.807) is 0 Å². The van der Waals surface area contributed by atoms with E-state index >= 15 is 0 Å². The standard InChI is InChI=1S/C28H27N5O/c1-19-17-20(2)29-26-25(19)27(32-15-7-8-16-32)31-33(26)18-22-11-13-24(14-12-22)28(34)30-21(3)23-9-5-4-6-10-23/h4-17,21H,18H2,1-3H3,(H,30,34)/t21-/m1/s1. The number of rotatable bonds is 6. The minimum atomic E-state index is -0.0877. The summed E-state index contributed by atoms with van der Waals surface area (Å²) in [5, 5.41) is 9.01. The maximum Gasteiger partial charge on any atom is 0.251 e. The number of carbonyl (C=O) groups is 1. The molecule has 0 saturated carbocycles. The lowest BCUT2D eigenvalue weighted by Gasteiger charge is -2.14. The molecule has 1 atom stereocenters. The third kappa shape index (κ3) is 4.22. The van der Waals surface area contributed by atoms with Gasteiger partial charge in [0, 0.05) is 23.7 Å². The topological polar surface area (TPSA) is 64.7 Å². The van der Waals surface area contributed by atoms with Crippen LogP contribution in [-0.2, 0) is 6.54 Å². The number of aryl methyl sites for hydroxylation is 2.